The Labute approximate surface area is 151 Å². The highest BCUT2D eigenvalue weighted by Crippen LogP contribution is 2.30. The van der Waals surface area contributed by atoms with Gasteiger partial charge in [0.2, 0.25) is 11.8 Å². The van der Waals surface area contributed by atoms with Crippen LogP contribution in [0.2, 0.25) is 0 Å². The first kappa shape index (κ1) is 19.3. The molecule has 0 aliphatic heterocycles. The van der Waals surface area contributed by atoms with Crippen LogP contribution >= 0.6 is 11.8 Å². The van der Waals surface area contributed by atoms with Gasteiger partial charge in [-0.3, -0.25) is 14.0 Å². The van der Waals surface area contributed by atoms with E-state index in [1.165, 1.54) is 11.8 Å². The molecule has 0 spiro atoms. The third-order valence-electron chi connectivity index (χ3n) is 3.42. The Kier molecular flexibility index (Phi) is 7.26. The summed E-state index contributed by atoms with van der Waals surface area (Å²) in [7, 11) is 3.25. The lowest BCUT2D eigenvalue weighted by Crippen LogP contribution is -2.20. The molecule has 0 aromatic carbocycles. The number of amides is 1. The van der Waals surface area contributed by atoms with Crippen LogP contribution in [0.4, 0.5) is 0 Å². The molecule has 2 rings (SSSR count). The van der Waals surface area contributed by atoms with Crippen molar-refractivity contribution in [1.82, 2.24) is 29.9 Å². The number of nitrogens with zero attached hydrogens (tertiary/aromatic N) is 5. The lowest BCUT2D eigenvalue weighted by Gasteiger charge is -2.09. The van der Waals surface area contributed by atoms with Gasteiger partial charge in [-0.2, -0.15) is 0 Å². The number of thioether (sulfide) groups is 1. The highest BCUT2D eigenvalue weighted by molar-refractivity contribution is 7.99. The predicted molar refractivity (Wildman–Crippen MR) is 94.8 cm³/mol. The number of hydrogen-bond donors (Lipinski definition) is 1. The SMILES string of the molecule is CCOc1nn(CC)cc1-c1nnc(SCC(=O)NC)n1CCOC. The Bertz CT molecular complexity index is 699. The number of methoxy groups -OCH3 is 1. The first-order valence-corrected chi connectivity index (χ1v) is 9.09. The standard InChI is InChI=1S/C15H24N6O3S/c1-5-20-9-11(14(19-20)24-6-2)13-17-18-15(21(13)7-8-23-4)25-10-12(22)16-3/h9H,5-8,10H2,1-4H3,(H,16,22). The van der Waals surface area contributed by atoms with Crippen molar-refractivity contribution in [2.45, 2.75) is 32.1 Å². The number of carbonyl (C=O) groups excluding carboxylic acids is 1. The van der Waals surface area contributed by atoms with Crippen LogP contribution in [0.3, 0.4) is 0 Å². The fourth-order valence-electron chi connectivity index (χ4n) is 2.14. The Balaban J connectivity index is 2.37. The largest absolute Gasteiger partial charge is 0.476 e. The Morgan fingerprint density at radius 2 is 2.16 bits per heavy atom. The molecule has 0 saturated heterocycles. The Morgan fingerprint density at radius 1 is 1.36 bits per heavy atom. The van der Waals surface area contributed by atoms with Crippen molar-refractivity contribution >= 4 is 17.7 Å². The minimum absolute atomic E-state index is 0.0679. The van der Waals surface area contributed by atoms with Crippen molar-refractivity contribution in [3.63, 3.8) is 0 Å². The predicted octanol–water partition coefficient (Wildman–Crippen LogP) is 1.04. The van der Waals surface area contributed by atoms with Crippen LogP contribution in [0.5, 0.6) is 5.88 Å². The zero-order chi connectivity index (χ0) is 18.2. The average Bonchev–Trinajstić information content (AvgIpc) is 3.21. The molecule has 2 heterocycles. The summed E-state index contributed by atoms with van der Waals surface area (Å²) in [5, 5.41) is 16.2. The summed E-state index contributed by atoms with van der Waals surface area (Å²) in [6.07, 6.45) is 1.89. The molecule has 138 valence electrons. The van der Waals surface area contributed by atoms with Crippen LogP contribution < -0.4 is 10.1 Å². The molecule has 1 N–H and O–H groups in total. The van der Waals surface area contributed by atoms with Gasteiger partial charge in [-0.1, -0.05) is 11.8 Å². The van der Waals surface area contributed by atoms with Crippen LogP contribution in [0.25, 0.3) is 11.4 Å². The normalized spacial score (nSPS) is 10.9. The Hall–Kier alpha value is -2.07. The molecule has 9 nitrogen and oxygen atoms in total. The molecule has 25 heavy (non-hydrogen) atoms. The lowest BCUT2D eigenvalue weighted by atomic mass is 10.3. The number of carbonyl (C=O) groups is 1. The molecule has 2 aromatic heterocycles. The second kappa shape index (κ2) is 9.42. The topological polar surface area (TPSA) is 96.1 Å². The number of aromatic nitrogens is 5. The number of nitrogens with one attached hydrogen (secondary N) is 1. The van der Waals surface area contributed by atoms with Crippen LogP contribution in [-0.4, -0.2) is 63.6 Å². The van der Waals surface area contributed by atoms with Crippen molar-refractivity contribution in [1.29, 1.82) is 0 Å². The zero-order valence-electron chi connectivity index (χ0n) is 15.0. The van der Waals surface area contributed by atoms with Gasteiger partial charge in [0.1, 0.15) is 5.56 Å². The van der Waals surface area contributed by atoms with E-state index >= 15 is 0 Å². The summed E-state index contributed by atoms with van der Waals surface area (Å²) in [4.78, 5) is 11.5. The molecular formula is C15H24N6O3S. The van der Waals surface area contributed by atoms with Gasteiger partial charge < -0.3 is 14.8 Å². The summed E-state index contributed by atoms with van der Waals surface area (Å²) in [5.74, 6) is 1.38. The fourth-order valence-corrected chi connectivity index (χ4v) is 2.98. The second-order valence-corrected chi connectivity index (χ2v) is 5.99. The number of hydrogen-bond acceptors (Lipinski definition) is 7. The quantitative estimate of drug-likeness (QED) is 0.626. The van der Waals surface area contributed by atoms with Crippen molar-refractivity contribution < 1.29 is 14.3 Å². The average molecular weight is 368 g/mol. The molecule has 2 aromatic rings. The van der Waals surface area contributed by atoms with Gasteiger partial charge in [0.25, 0.3) is 0 Å². The van der Waals surface area contributed by atoms with E-state index in [0.717, 1.165) is 12.1 Å². The van der Waals surface area contributed by atoms with E-state index in [-0.39, 0.29) is 11.7 Å². The minimum Gasteiger partial charge on any atom is -0.476 e. The Morgan fingerprint density at radius 3 is 2.80 bits per heavy atom. The van der Waals surface area contributed by atoms with Crippen molar-refractivity contribution in [3.05, 3.63) is 6.20 Å². The van der Waals surface area contributed by atoms with E-state index in [1.54, 1.807) is 18.8 Å². The van der Waals surface area contributed by atoms with Gasteiger partial charge >= 0.3 is 0 Å². The van der Waals surface area contributed by atoms with E-state index in [9.17, 15) is 4.79 Å². The smallest absolute Gasteiger partial charge is 0.243 e. The van der Waals surface area contributed by atoms with Crippen LogP contribution in [0, 0.1) is 0 Å². The molecule has 0 atom stereocenters. The third kappa shape index (κ3) is 4.73. The number of ether oxygens (including phenoxy) is 2. The van der Waals surface area contributed by atoms with Crippen LogP contribution in [0.15, 0.2) is 11.4 Å². The highest BCUT2D eigenvalue weighted by atomic mass is 32.2. The molecule has 0 radical (unpaired) electrons. The molecule has 1 amide bonds. The highest BCUT2D eigenvalue weighted by Gasteiger charge is 2.21. The minimum atomic E-state index is -0.0679. The van der Waals surface area contributed by atoms with Crippen LogP contribution in [-0.2, 0) is 22.6 Å². The van der Waals surface area contributed by atoms with Gasteiger partial charge in [-0.25, -0.2) is 0 Å². The molecule has 0 bridgehead atoms. The summed E-state index contributed by atoms with van der Waals surface area (Å²) in [6.45, 7) is 6.23. The molecule has 0 unspecified atom stereocenters. The van der Waals surface area contributed by atoms with E-state index in [1.807, 2.05) is 24.6 Å². The second-order valence-electron chi connectivity index (χ2n) is 5.05. The van der Waals surface area contributed by atoms with Gasteiger partial charge in [0.05, 0.1) is 25.5 Å². The van der Waals surface area contributed by atoms with Gasteiger partial charge in [0, 0.05) is 26.9 Å². The summed E-state index contributed by atoms with van der Waals surface area (Å²) < 4.78 is 14.6. The van der Waals surface area contributed by atoms with E-state index in [2.05, 4.69) is 20.6 Å². The molecule has 0 saturated carbocycles. The van der Waals surface area contributed by atoms with Gasteiger partial charge in [0.15, 0.2) is 11.0 Å². The monoisotopic (exact) mass is 368 g/mol. The third-order valence-corrected chi connectivity index (χ3v) is 4.39. The van der Waals surface area contributed by atoms with Crippen molar-refractivity contribution in [2.24, 2.45) is 0 Å². The summed E-state index contributed by atoms with van der Waals surface area (Å²) in [5.41, 5.74) is 0.777. The van der Waals surface area contributed by atoms with Crippen LogP contribution in [0.1, 0.15) is 13.8 Å². The van der Waals surface area contributed by atoms with Gasteiger partial charge in [-0.05, 0) is 13.8 Å². The molecule has 0 aliphatic rings. The molecule has 0 fully saturated rings. The number of rotatable bonds is 10. The van der Waals surface area contributed by atoms with Crippen molar-refractivity contribution in [2.75, 3.05) is 33.1 Å². The summed E-state index contributed by atoms with van der Waals surface area (Å²) >= 11 is 1.33. The number of aryl methyl sites for hydroxylation is 1. The first-order chi connectivity index (χ1) is 12.1. The molecular weight excluding hydrogens is 344 g/mol. The maximum absolute atomic E-state index is 11.5. The maximum Gasteiger partial charge on any atom is 0.243 e. The van der Waals surface area contributed by atoms with E-state index < -0.39 is 0 Å². The molecule has 10 heteroatoms. The maximum atomic E-state index is 11.5. The fraction of sp³-hybridized carbons (Fsp3) is 0.600. The summed E-state index contributed by atoms with van der Waals surface area (Å²) in [6, 6.07) is 0. The van der Waals surface area contributed by atoms with Crippen molar-refractivity contribution in [3.8, 4) is 17.3 Å². The lowest BCUT2D eigenvalue weighted by molar-refractivity contribution is -0.118. The first-order valence-electron chi connectivity index (χ1n) is 8.10. The zero-order valence-corrected chi connectivity index (χ0v) is 15.8. The van der Waals surface area contributed by atoms with E-state index in [0.29, 0.717) is 36.6 Å². The molecule has 0 aliphatic carbocycles. The van der Waals surface area contributed by atoms with Gasteiger partial charge in [-0.15, -0.1) is 15.3 Å². The van der Waals surface area contributed by atoms with E-state index in [4.69, 9.17) is 9.47 Å².